The van der Waals surface area contributed by atoms with E-state index in [2.05, 4.69) is 5.32 Å². The second kappa shape index (κ2) is 7.38. The van der Waals surface area contributed by atoms with Crippen LogP contribution in [-0.4, -0.2) is 31.0 Å². The summed E-state index contributed by atoms with van der Waals surface area (Å²) in [6.45, 7) is 5.00. The largest absolute Gasteiger partial charge is 0.494 e. The molecule has 0 radical (unpaired) electrons. The molecule has 1 fully saturated rings. The van der Waals surface area contributed by atoms with E-state index in [-0.39, 0.29) is 17.9 Å². The first-order valence-corrected chi connectivity index (χ1v) is 8.47. The fourth-order valence-corrected chi connectivity index (χ4v) is 2.92. The average Bonchev–Trinajstić information content (AvgIpc) is 2.97. The molecule has 1 atom stereocenters. The monoisotopic (exact) mass is 338 g/mol. The molecule has 0 saturated carbocycles. The van der Waals surface area contributed by atoms with Crippen molar-refractivity contribution in [2.45, 2.75) is 26.3 Å². The molecule has 5 nitrogen and oxygen atoms in total. The molecule has 25 heavy (non-hydrogen) atoms. The number of anilines is 1. The number of aryl methyl sites for hydroxylation is 1. The zero-order chi connectivity index (χ0) is 17.8. The molecule has 2 aromatic carbocycles. The van der Waals surface area contributed by atoms with Gasteiger partial charge in [-0.1, -0.05) is 17.7 Å². The van der Waals surface area contributed by atoms with Gasteiger partial charge in [-0.3, -0.25) is 9.59 Å². The van der Waals surface area contributed by atoms with Gasteiger partial charge in [0.05, 0.1) is 12.6 Å². The molecule has 130 valence electrons. The minimum atomic E-state index is -0.187. The molecule has 1 aliphatic rings. The van der Waals surface area contributed by atoms with Crippen LogP contribution in [0.5, 0.6) is 5.75 Å². The van der Waals surface area contributed by atoms with Crippen LogP contribution in [0.3, 0.4) is 0 Å². The standard InChI is InChI=1S/C20H22N2O3/c1-3-25-18-10-6-15(7-11-18)20(24)21-16-12-19(23)22(13-16)17-8-4-14(2)5-9-17/h4-11,16H,3,12-13H2,1-2H3,(H,21,24)/t16-/m1/s1. The second-order valence-corrected chi connectivity index (χ2v) is 6.17. The molecule has 0 aromatic heterocycles. The zero-order valence-corrected chi connectivity index (χ0v) is 14.5. The van der Waals surface area contributed by atoms with Crippen LogP contribution in [0.4, 0.5) is 5.69 Å². The third-order valence-electron chi connectivity index (χ3n) is 4.23. The van der Waals surface area contributed by atoms with Crippen LogP contribution in [0.2, 0.25) is 0 Å². The lowest BCUT2D eigenvalue weighted by molar-refractivity contribution is -0.117. The van der Waals surface area contributed by atoms with Gasteiger partial charge in [-0.2, -0.15) is 0 Å². The molecule has 0 spiro atoms. The number of carbonyl (C=O) groups excluding carboxylic acids is 2. The normalized spacial score (nSPS) is 16.8. The van der Waals surface area contributed by atoms with Crippen molar-refractivity contribution in [2.75, 3.05) is 18.1 Å². The Hall–Kier alpha value is -2.82. The van der Waals surface area contributed by atoms with E-state index in [9.17, 15) is 9.59 Å². The first-order valence-electron chi connectivity index (χ1n) is 8.47. The first kappa shape index (κ1) is 17.0. The molecule has 2 amide bonds. The highest BCUT2D eigenvalue weighted by molar-refractivity contribution is 5.99. The van der Waals surface area contributed by atoms with Crippen molar-refractivity contribution in [3.05, 3.63) is 59.7 Å². The summed E-state index contributed by atoms with van der Waals surface area (Å²) in [5, 5.41) is 2.95. The van der Waals surface area contributed by atoms with Crippen LogP contribution >= 0.6 is 0 Å². The number of rotatable bonds is 5. The van der Waals surface area contributed by atoms with E-state index >= 15 is 0 Å². The lowest BCUT2D eigenvalue weighted by Crippen LogP contribution is -2.37. The number of ether oxygens (including phenoxy) is 1. The van der Waals surface area contributed by atoms with Gasteiger partial charge in [0.25, 0.3) is 5.91 Å². The molecular weight excluding hydrogens is 316 g/mol. The number of hydrogen-bond acceptors (Lipinski definition) is 3. The van der Waals surface area contributed by atoms with Crippen molar-refractivity contribution in [3.8, 4) is 5.75 Å². The molecule has 1 saturated heterocycles. The average molecular weight is 338 g/mol. The summed E-state index contributed by atoms with van der Waals surface area (Å²) in [5.41, 5.74) is 2.58. The van der Waals surface area contributed by atoms with Gasteiger partial charge in [0.15, 0.2) is 0 Å². The van der Waals surface area contributed by atoms with Gasteiger partial charge in [-0.15, -0.1) is 0 Å². The van der Waals surface area contributed by atoms with E-state index in [1.165, 1.54) is 0 Å². The number of benzene rings is 2. The Bertz CT molecular complexity index is 754. The van der Waals surface area contributed by atoms with Crippen LogP contribution in [0, 0.1) is 6.92 Å². The fourth-order valence-electron chi connectivity index (χ4n) is 2.92. The Balaban J connectivity index is 1.62. The Morgan fingerprint density at radius 2 is 1.84 bits per heavy atom. The Morgan fingerprint density at radius 1 is 1.16 bits per heavy atom. The predicted molar refractivity (Wildman–Crippen MR) is 97.0 cm³/mol. The van der Waals surface area contributed by atoms with Crippen molar-refractivity contribution in [3.63, 3.8) is 0 Å². The van der Waals surface area contributed by atoms with E-state index < -0.39 is 0 Å². The van der Waals surface area contributed by atoms with E-state index in [0.29, 0.717) is 25.1 Å². The van der Waals surface area contributed by atoms with Crippen molar-refractivity contribution < 1.29 is 14.3 Å². The molecule has 0 aliphatic carbocycles. The lowest BCUT2D eigenvalue weighted by Gasteiger charge is -2.17. The van der Waals surface area contributed by atoms with E-state index in [1.54, 1.807) is 29.2 Å². The first-order chi connectivity index (χ1) is 12.1. The van der Waals surface area contributed by atoms with Gasteiger partial charge in [0.1, 0.15) is 5.75 Å². The van der Waals surface area contributed by atoms with Crippen LogP contribution in [0.1, 0.15) is 29.3 Å². The molecule has 2 aromatic rings. The summed E-state index contributed by atoms with van der Waals surface area (Å²) in [6.07, 6.45) is 0.316. The van der Waals surface area contributed by atoms with Crippen LogP contribution < -0.4 is 15.0 Å². The summed E-state index contributed by atoms with van der Waals surface area (Å²) < 4.78 is 5.38. The SMILES string of the molecule is CCOc1ccc(C(=O)N[C@@H]2CC(=O)N(c3ccc(C)cc3)C2)cc1. The van der Waals surface area contributed by atoms with Gasteiger partial charge >= 0.3 is 0 Å². The molecule has 5 heteroatoms. The highest BCUT2D eigenvalue weighted by Gasteiger charge is 2.31. The number of amides is 2. The summed E-state index contributed by atoms with van der Waals surface area (Å²) >= 11 is 0. The van der Waals surface area contributed by atoms with E-state index in [1.807, 2.05) is 38.1 Å². The van der Waals surface area contributed by atoms with Crippen molar-refractivity contribution in [1.29, 1.82) is 0 Å². The van der Waals surface area contributed by atoms with Crippen LogP contribution in [-0.2, 0) is 4.79 Å². The van der Waals surface area contributed by atoms with E-state index in [0.717, 1.165) is 17.0 Å². The van der Waals surface area contributed by atoms with Gasteiger partial charge < -0.3 is 15.0 Å². The predicted octanol–water partition coefficient (Wildman–Crippen LogP) is 2.93. The number of nitrogens with one attached hydrogen (secondary N) is 1. The van der Waals surface area contributed by atoms with Crippen LogP contribution in [0.25, 0.3) is 0 Å². The summed E-state index contributed by atoms with van der Waals surface area (Å²) in [7, 11) is 0. The fraction of sp³-hybridized carbons (Fsp3) is 0.300. The summed E-state index contributed by atoms with van der Waals surface area (Å²) in [4.78, 5) is 26.4. The molecular formula is C20H22N2O3. The number of hydrogen-bond donors (Lipinski definition) is 1. The van der Waals surface area contributed by atoms with Crippen molar-refractivity contribution in [2.24, 2.45) is 0 Å². The van der Waals surface area contributed by atoms with Crippen molar-refractivity contribution in [1.82, 2.24) is 5.32 Å². The number of nitrogens with zero attached hydrogens (tertiary/aromatic N) is 1. The van der Waals surface area contributed by atoms with Gasteiger partial charge in [0, 0.05) is 24.2 Å². The maximum absolute atomic E-state index is 12.4. The summed E-state index contributed by atoms with van der Waals surface area (Å²) in [6, 6.07) is 14.7. The second-order valence-electron chi connectivity index (χ2n) is 6.17. The maximum atomic E-state index is 12.4. The molecule has 3 rings (SSSR count). The van der Waals surface area contributed by atoms with E-state index in [4.69, 9.17) is 4.74 Å². The highest BCUT2D eigenvalue weighted by Crippen LogP contribution is 2.22. The van der Waals surface area contributed by atoms with Gasteiger partial charge in [0.2, 0.25) is 5.91 Å². The molecule has 1 heterocycles. The molecule has 0 unspecified atom stereocenters. The Kier molecular flexibility index (Phi) is 5.03. The number of carbonyl (C=O) groups is 2. The van der Waals surface area contributed by atoms with Gasteiger partial charge in [-0.25, -0.2) is 0 Å². The van der Waals surface area contributed by atoms with Crippen molar-refractivity contribution >= 4 is 17.5 Å². The maximum Gasteiger partial charge on any atom is 0.251 e. The third kappa shape index (κ3) is 3.99. The molecule has 0 bridgehead atoms. The molecule has 1 aliphatic heterocycles. The quantitative estimate of drug-likeness (QED) is 0.912. The molecule has 1 N–H and O–H groups in total. The minimum Gasteiger partial charge on any atom is -0.494 e. The minimum absolute atomic E-state index is 0.0286. The lowest BCUT2D eigenvalue weighted by atomic mass is 10.2. The Labute approximate surface area is 147 Å². The van der Waals surface area contributed by atoms with Crippen LogP contribution in [0.15, 0.2) is 48.5 Å². The smallest absolute Gasteiger partial charge is 0.251 e. The highest BCUT2D eigenvalue weighted by atomic mass is 16.5. The van der Waals surface area contributed by atoms with Gasteiger partial charge in [-0.05, 0) is 50.2 Å². The zero-order valence-electron chi connectivity index (χ0n) is 14.5. The summed E-state index contributed by atoms with van der Waals surface area (Å²) in [5.74, 6) is 0.591. The third-order valence-corrected chi connectivity index (χ3v) is 4.23. The Morgan fingerprint density at radius 3 is 2.48 bits per heavy atom. The topological polar surface area (TPSA) is 58.6 Å².